The number of rotatable bonds is 7. The number of hydrogen-bond acceptors (Lipinski definition) is 6. The first-order chi connectivity index (χ1) is 12.6. The van der Waals surface area contributed by atoms with E-state index in [2.05, 4.69) is 20.8 Å². The minimum Gasteiger partial charge on any atom is -0.325 e. The molecule has 0 aliphatic rings. The predicted octanol–water partition coefficient (Wildman–Crippen LogP) is 4.27. The molecule has 0 unspecified atom stereocenters. The Morgan fingerprint density at radius 3 is 2.52 bits per heavy atom. The zero-order valence-corrected chi connectivity index (χ0v) is 16.1. The first-order valence-electron chi connectivity index (χ1n) is 7.87. The molecule has 2 rings (SSSR count). The number of alkyl halides is 3. The summed E-state index contributed by atoms with van der Waals surface area (Å²) in [4.78, 5) is 23.6. The molecule has 11 heteroatoms. The van der Waals surface area contributed by atoms with Crippen LogP contribution in [0.15, 0.2) is 28.6 Å². The fourth-order valence-electron chi connectivity index (χ4n) is 2.01. The SMILES string of the molecule is CC(C)CC(=O)Nc1nnc(SCC(=O)Nc2ccccc2C(F)(F)F)s1. The van der Waals surface area contributed by atoms with Crippen molar-refractivity contribution in [3.05, 3.63) is 29.8 Å². The predicted molar refractivity (Wildman–Crippen MR) is 98.8 cm³/mol. The maximum absolute atomic E-state index is 12.9. The third kappa shape index (κ3) is 6.83. The van der Waals surface area contributed by atoms with E-state index in [0.29, 0.717) is 15.9 Å². The molecular weight excluding hydrogens is 401 g/mol. The van der Waals surface area contributed by atoms with Gasteiger partial charge in [-0.15, -0.1) is 10.2 Å². The number of carbonyl (C=O) groups excluding carboxylic acids is 2. The molecule has 0 radical (unpaired) electrons. The number of amides is 2. The summed E-state index contributed by atoms with van der Waals surface area (Å²) >= 11 is 2.12. The number of carbonyl (C=O) groups is 2. The van der Waals surface area contributed by atoms with Crippen LogP contribution >= 0.6 is 23.1 Å². The molecule has 2 N–H and O–H groups in total. The lowest BCUT2D eigenvalue weighted by Gasteiger charge is -2.13. The number of nitrogens with zero attached hydrogens (tertiary/aromatic N) is 2. The molecular formula is C16H17F3N4O2S2. The summed E-state index contributed by atoms with van der Waals surface area (Å²) in [5.41, 5.74) is -1.20. The van der Waals surface area contributed by atoms with Crippen molar-refractivity contribution < 1.29 is 22.8 Å². The van der Waals surface area contributed by atoms with E-state index >= 15 is 0 Å². The first kappa shape index (κ1) is 21.2. The molecule has 1 aromatic carbocycles. The van der Waals surface area contributed by atoms with Crippen molar-refractivity contribution in [1.29, 1.82) is 0 Å². The maximum atomic E-state index is 12.9. The topological polar surface area (TPSA) is 84.0 Å². The molecule has 2 aromatic rings. The highest BCUT2D eigenvalue weighted by atomic mass is 32.2. The number of hydrogen-bond donors (Lipinski definition) is 2. The zero-order valence-electron chi connectivity index (χ0n) is 14.5. The summed E-state index contributed by atoms with van der Waals surface area (Å²) in [7, 11) is 0. The van der Waals surface area contributed by atoms with Gasteiger partial charge < -0.3 is 10.6 Å². The molecule has 0 aliphatic heterocycles. The Labute approximate surface area is 161 Å². The number of aromatic nitrogens is 2. The Bertz CT molecular complexity index is 809. The minimum absolute atomic E-state index is 0.138. The highest BCUT2D eigenvalue weighted by Crippen LogP contribution is 2.34. The molecule has 0 saturated heterocycles. The Morgan fingerprint density at radius 1 is 1.15 bits per heavy atom. The van der Waals surface area contributed by atoms with E-state index in [9.17, 15) is 22.8 Å². The molecule has 0 saturated carbocycles. The van der Waals surface area contributed by atoms with Crippen LogP contribution in [0, 0.1) is 5.92 Å². The summed E-state index contributed by atoms with van der Waals surface area (Å²) in [5, 5.41) is 12.8. The summed E-state index contributed by atoms with van der Waals surface area (Å²) in [6.07, 6.45) is -4.21. The van der Waals surface area contributed by atoms with E-state index in [4.69, 9.17) is 0 Å². The van der Waals surface area contributed by atoms with Crippen LogP contribution in [0.4, 0.5) is 24.0 Å². The standard InChI is InChI=1S/C16H17F3N4O2S2/c1-9(2)7-12(24)21-14-22-23-15(27-14)26-8-13(25)20-11-6-4-3-5-10(11)16(17,18)19/h3-6,9H,7-8H2,1-2H3,(H,20,25)(H,21,22,24). The largest absolute Gasteiger partial charge is 0.418 e. The van der Waals surface area contributed by atoms with Gasteiger partial charge in [0.1, 0.15) is 0 Å². The minimum atomic E-state index is -4.56. The fourth-order valence-corrected chi connectivity index (χ4v) is 3.58. The second-order valence-corrected chi connectivity index (χ2v) is 8.10. The van der Waals surface area contributed by atoms with Crippen molar-refractivity contribution in [1.82, 2.24) is 10.2 Å². The van der Waals surface area contributed by atoms with Crippen molar-refractivity contribution in [3.63, 3.8) is 0 Å². The van der Waals surface area contributed by atoms with Crippen molar-refractivity contribution >= 4 is 45.7 Å². The number of anilines is 2. The molecule has 146 valence electrons. The van der Waals surface area contributed by atoms with Crippen LogP contribution in [0.2, 0.25) is 0 Å². The molecule has 0 fully saturated rings. The average molecular weight is 418 g/mol. The summed E-state index contributed by atoms with van der Waals surface area (Å²) in [6, 6.07) is 4.76. The van der Waals surface area contributed by atoms with Crippen LogP contribution in [-0.4, -0.2) is 27.8 Å². The number of thioether (sulfide) groups is 1. The van der Waals surface area contributed by atoms with Crippen LogP contribution in [0.25, 0.3) is 0 Å². The zero-order chi connectivity index (χ0) is 20.0. The average Bonchev–Trinajstić information content (AvgIpc) is 2.99. The molecule has 0 aliphatic carbocycles. The number of benzene rings is 1. The van der Waals surface area contributed by atoms with E-state index in [1.54, 1.807) is 0 Å². The van der Waals surface area contributed by atoms with Gasteiger partial charge in [-0.25, -0.2) is 0 Å². The lowest BCUT2D eigenvalue weighted by Crippen LogP contribution is -2.18. The van der Waals surface area contributed by atoms with Gasteiger partial charge in [-0.3, -0.25) is 9.59 Å². The molecule has 6 nitrogen and oxygen atoms in total. The van der Waals surface area contributed by atoms with Gasteiger partial charge in [-0.05, 0) is 18.1 Å². The van der Waals surface area contributed by atoms with Crippen LogP contribution in [-0.2, 0) is 15.8 Å². The van der Waals surface area contributed by atoms with Crippen molar-refractivity contribution in [2.45, 2.75) is 30.8 Å². The Kier molecular flexibility index (Phi) is 7.19. The van der Waals surface area contributed by atoms with Crippen LogP contribution in [0.1, 0.15) is 25.8 Å². The van der Waals surface area contributed by atoms with Gasteiger partial charge >= 0.3 is 6.18 Å². The Hall–Kier alpha value is -2.14. The van der Waals surface area contributed by atoms with Crippen molar-refractivity contribution in [3.8, 4) is 0 Å². The maximum Gasteiger partial charge on any atom is 0.418 e. The van der Waals surface area contributed by atoms with Gasteiger partial charge in [0.15, 0.2) is 4.34 Å². The van der Waals surface area contributed by atoms with Crippen LogP contribution in [0.3, 0.4) is 0 Å². The second kappa shape index (κ2) is 9.18. The van der Waals surface area contributed by atoms with E-state index in [1.807, 2.05) is 13.8 Å². The highest BCUT2D eigenvalue weighted by Gasteiger charge is 2.33. The Morgan fingerprint density at radius 2 is 1.85 bits per heavy atom. The van der Waals surface area contributed by atoms with Gasteiger partial charge in [-0.2, -0.15) is 13.2 Å². The third-order valence-corrected chi connectivity index (χ3v) is 5.05. The lowest BCUT2D eigenvalue weighted by molar-refractivity contribution is -0.137. The van der Waals surface area contributed by atoms with E-state index in [1.165, 1.54) is 18.2 Å². The van der Waals surface area contributed by atoms with Crippen LogP contribution in [0.5, 0.6) is 0 Å². The first-order valence-corrected chi connectivity index (χ1v) is 9.67. The fraction of sp³-hybridized carbons (Fsp3) is 0.375. The number of halogens is 3. The molecule has 1 aromatic heterocycles. The second-order valence-electron chi connectivity index (χ2n) is 5.90. The third-order valence-electron chi connectivity index (χ3n) is 3.08. The molecule has 0 atom stereocenters. The molecule has 27 heavy (non-hydrogen) atoms. The molecule has 1 heterocycles. The van der Waals surface area contributed by atoms with Crippen molar-refractivity contribution in [2.75, 3.05) is 16.4 Å². The monoisotopic (exact) mass is 418 g/mol. The molecule has 0 spiro atoms. The lowest BCUT2D eigenvalue weighted by atomic mass is 10.1. The number of para-hydroxylation sites is 1. The quantitative estimate of drug-likeness (QED) is 0.518. The Balaban J connectivity index is 1.89. The highest BCUT2D eigenvalue weighted by molar-refractivity contribution is 8.01. The van der Waals surface area contributed by atoms with Gasteiger partial charge in [0.05, 0.1) is 17.0 Å². The summed E-state index contributed by atoms with van der Waals surface area (Å²) < 4.78 is 39.2. The van der Waals surface area contributed by atoms with Gasteiger partial charge in [-0.1, -0.05) is 49.1 Å². The van der Waals surface area contributed by atoms with Crippen LogP contribution < -0.4 is 10.6 Å². The molecule has 0 bridgehead atoms. The molecule has 2 amide bonds. The smallest absolute Gasteiger partial charge is 0.325 e. The number of nitrogens with one attached hydrogen (secondary N) is 2. The van der Waals surface area contributed by atoms with Crippen molar-refractivity contribution in [2.24, 2.45) is 5.92 Å². The summed E-state index contributed by atoms with van der Waals surface area (Å²) in [5.74, 6) is -0.715. The van der Waals surface area contributed by atoms with Gasteiger partial charge in [0, 0.05) is 6.42 Å². The normalized spacial score (nSPS) is 11.5. The van der Waals surface area contributed by atoms with Gasteiger partial charge in [0.2, 0.25) is 16.9 Å². The van der Waals surface area contributed by atoms with E-state index in [0.717, 1.165) is 29.2 Å². The summed E-state index contributed by atoms with van der Waals surface area (Å²) in [6.45, 7) is 3.83. The van der Waals surface area contributed by atoms with E-state index < -0.39 is 17.6 Å². The van der Waals surface area contributed by atoms with E-state index in [-0.39, 0.29) is 23.3 Å². The van der Waals surface area contributed by atoms with Gasteiger partial charge in [0.25, 0.3) is 0 Å².